The Hall–Kier alpha value is -4.10. The molecule has 4 aromatic rings. The predicted molar refractivity (Wildman–Crippen MR) is 167 cm³/mol. The van der Waals surface area contributed by atoms with E-state index in [2.05, 4.69) is 0 Å². The molecule has 0 saturated carbocycles. The maximum Gasteiger partial charge on any atom is 0.306 e. The van der Waals surface area contributed by atoms with E-state index in [1.165, 1.54) is 40.2 Å². The zero-order chi connectivity index (χ0) is 33.0. The average Bonchev–Trinajstić information content (AvgIpc) is 3.63. The van der Waals surface area contributed by atoms with E-state index < -0.39 is 35.2 Å². The lowest BCUT2D eigenvalue weighted by Gasteiger charge is -2.14. The van der Waals surface area contributed by atoms with Crippen molar-refractivity contribution in [3.05, 3.63) is 45.7 Å². The van der Waals surface area contributed by atoms with Gasteiger partial charge in [-0.25, -0.2) is 8.78 Å². The smallest absolute Gasteiger partial charge is 0.306 e. The summed E-state index contributed by atoms with van der Waals surface area (Å²) < 4.78 is 53.9. The van der Waals surface area contributed by atoms with Crippen LogP contribution in [0, 0.1) is 23.5 Å². The molecule has 0 amide bonds. The molecule has 4 rings (SSSR count). The van der Waals surface area contributed by atoms with Gasteiger partial charge in [-0.2, -0.15) is 0 Å². The summed E-state index contributed by atoms with van der Waals surface area (Å²) in [6.07, 6.45) is 0.0348. The molecule has 2 atom stereocenters. The molecule has 0 spiro atoms. The number of Topliss-reactive ketones (excluding diaryl/α,β-unsaturated/α-hetero) is 3. The zero-order valence-corrected chi connectivity index (χ0v) is 26.9. The van der Waals surface area contributed by atoms with Gasteiger partial charge in [-0.1, -0.05) is 13.8 Å². The number of carbonyl (C=O) groups is 4. The molecule has 13 heteroatoms. The number of hydrogen-bond acceptors (Lipinski definition) is 10. The molecular formula is C32H32F2O9S2. The number of carboxylic acids is 1. The van der Waals surface area contributed by atoms with Gasteiger partial charge >= 0.3 is 5.97 Å². The number of methoxy groups -OCH3 is 2. The van der Waals surface area contributed by atoms with Crippen LogP contribution in [-0.4, -0.2) is 55.9 Å². The lowest BCUT2D eigenvalue weighted by atomic mass is 10.00. The number of rotatable bonds is 16. The summed E-state index contributed by atoms with van der Waals surface area (Å²) >= 11 is 2.14. The summed E-state index contributed by atoms with van der Waals surface area (Å²) in [7, 11) is 2.72. The topological polar surface area (TPSA) is 125 Å². The van der Waals surface area contributed by atoms with Crippen molar-refractivity contribution in [1.82, 2.24) is 0 Å². The Morgan fingerprint density at radius 2 is 1.18 bits per heavy atom. The number of thiophene rings is 2. The Morgan fingerprint density at radius 1 is 0.756 bits per heavy atom. The molecule has 0 saturated heterocycles. The third kappa shape index (κ3) is 7.42. The number of fused-ring (bicyclic) bond motifs is 2. The van der Waals surface area contributed by atoms with Crippen LogP contribution in [0.4, 0.5) is 8.78 Å². The number of benzene rings is 2. The van der Waals surface area contributed by atoms with Gasteiger partial charge in [0.15, 0.2) is 46.2 Å². The van der Waals surface area contributed by atoms with Crippen molar-refractivity contribution in [1.29, 1.82) is 0 Å². The molecule has 2 aromatic carbocycles. The number of carbonyl (C=O) groups excluding carboxylic acids is 3. The van der Waals surface area contributed by atoms with E-state index in [1.807, 2.05) is 0 Å². The highest BCUT2D eigenvalue weighted by Gasteiger charge is 2.24. The quantitative estimate of drug-likeness (QED) is 0.0968. The van der Waals surface area contributed by atoms with Crippen molar-refractivity contribution in [3.8, 4) is 23.0 Å². The highest BCUT2D eigenvalue weighted by molar-refractivity contribution is 7.21. The number of halogens is 2. The number of ketones is 3. The van der Waals surface area contributed by atoms with Gasteiger partial charge in [-0.15, -0.1) is 22.7 Å². The SMILES string of the molecule is COc1cc2sc(C(=O)C[C@H](C)C(C)=O)cc2c(F)c1OCCCOc1c(OC)cc2sc(C(=O)C[C@H](C)C(=O)O)cc2c1F. The second-order valence-electron chi connectivity index (χ2n) is 10.5. The van der Waals surface area contributed by atoms with Gasteiger partial charge in [0.2, 0.25) is 0 Å². The monoisotopic (exact) mass is 662 g/mol. The second-order valence-corrected chi connectivity index (χ2v) is 12.7. The number of ether oxygens (including phenoxy) is 4. The van der Waals surface area contributed by atoms with Crippen LogP contribution >= 0.6 is 22.7 Å². The van der Waals surface area contributed by atoms with Crippen LogP contribution in [-0.2, 0) is 9.59 Å². The van der Waals surface area contributed by atoms with E-state index in [1.54, 1.807) is 19.1 Å². The minimum absolute atomic E-state index is 0.0180. The van der Waals surface area contributed by atoms with Gasteiger partial charge in [0.1, 0.15) is 5.78 Å². The van der Waals surface area contributed by atoms with E-state index >= 15 is 8.78 Å². The van der Waals surface area contributed by atoms with Crippen LogP contribution in [0.3, 0.4) is 0 Å². The molecule has 0 aliphatic rings. The first-order valence-electron chi connectivity index (χ1n) is 14.0. The van der Waals surface area contributed by atoms with Crippen LogP contribution in [0.25, 0.3) is 20.2 Å². The first kappa shape index (κ1) is 33.8. The maximum atomic E-state index is 15.5. The van der Waals surface area contributed by atoms with Crippen molar-refractivity contribution in [2.45, 2.75) is 40.0 Å². The van der Waals surface area contributed by atoms with Crippen LogP contribution in [0.5, 0.6) is 23.0 Å². The number of hydrogen-bond donors (Lipinski definition) is 1. The Kier molecular flexibility index (Phi) is 10.8. The molecule has 240 valence electrons. The van der Waals surface area contributed by atoms with Crippen molar-refractivity contribution < 1.29 is 52.0 Å². The molecule has 9 nitrogen and oxygen atoms in total. The predicted octanol–water partition coefficient (Wildman–Crippen LogP) is 7.35. The zero-order valence-electron chi connectivity index (χ0n) is 25.3. The lowest BCUT2D eigenvalue weighted by Crippen LogP contribution is -2.13. The van der Waals surface area contributed by atoms with E-state index in [4.69, 9.17) is 24.1 Å². The van der Waals surface area contributed by atoms with Gasteiger partial charge in [0.25, 0.3) is 0 Å². The van der Waals surface area contributed by atoms with Gasteiger partial charge in [0.05, 0.1) is 43.1 Å². The first-order valence-corrected chi connectivity index (χ1v) is 15.6. The largest absolute Gasteiger partial charge is 0.493 e. The fourth-order valence-corrected chi connectivity index (χ4v) is 6.51. The maximum absolute atomic E-state index is 15.5. The van der Waals surface area contributed by atoms with Crippen molar-refractivity contribution in [3.63, 3.8) is 0 Å². The molecular weight excluding hydrogens is 630 g/mol. The van der Waals surface area contributed by atoms with Gasteiger partial charge in [-0.05, 0) is 19.1 Å². The molecule has 2 heterocycles. The highest BCUT2D eigenvalue weighted by atomic mass is 32.1. The summed E-state index contributed by atoms with van der Waals surface area (Å²) in [6.45, 7) is 4.48. The van der Waals surface area contributed by atoms with E-state index in [9.17, 15) is 19.2 Å². The molecule has 45 heavy (non-hydrogen) atoms. The van der Waals surface area contributed by atoms with Gasteiger partial charge in [0, 0.05) is 57.5 Å². The van der Waals surface area contributed by atoms with Crippen LogP contribution in [0.15, 0.2) is 24.3 Å². The van der Waals surface area contributed by atoms with Gasteiger partial charge < -0.3 is 24.1 Å². The van der Waals surface area contributed by atoms with E-state index in [-0.39, 0.29) is 82.7 Å². The third-order valence-corrected chi connectivity index (χ3v) is 9.48. The molecule has 2 aromatic heterocycles. The van der Waals surface area contributed by atoms with Crippen molar-refractivity contribution in [2.24, 2.45) is 11.8 Å². The molecule has 1 N–H and O–H groups in total. The minimum Gasteiger partial charge on any atom is -0.493 e. The van der Waals surface area contributed by atoms with Crippen LogP contribution < -0.4 is 18.9 Å². The molecule has 0 unspecified atom stereocenters. The molecule has 0 radical (unpaired) electrons. The fraction of sp³-hybridized carbons (Fsp3) is 0.375. The highest BCUT2D eigenvalue weighted by Crippen LogP contribution is 2.42. The van der Waals surface area contributed by atoms with Gasteiger partial charge in [-0.3, -0.25) is 19.2 Å². The normalized spacial score (nSPS) is 12.6. The molecule has 0 aliphatic carbocycles. The lowest BCUT2D eigenvalue weighted by molar-refractivity contribution is -0.141. The fourth-order valence-electron chi connectivity index (χ4n) is 4.44. The average molecular weight is 663 g/mol. The first-order chi connectivity index (χ1) is 21.4. The summed E-state index contributed by atoms with van der Waals surface area (Å²) in [5, 5.41) is 9.43. The van der Waals surface area contributed by atoms with Crippen LogP contribution in [0.2, 0.25) is 0 Å². The summed E-state index contributed by atoms with van der Waals surface area (Å²) in [6, 6.07) is 5.95. The second kappa shape index (κ2) is 14.3. The summed E-state index contributed by atoms with van der Waals surface area (Å²) in [4.78, 5) is 48.5. The van der Waals surface area contributed by atoms with Crippen molar-refractivity contribution in [2.75, 3.05) is 27.4 Å². The molecule has 0 aliphatic heterocycles. The minimum atomic E-state index is -1.09. The Labute approximate surface area is 265 Å². The summed E-state index contributed by atoms with van der Waals surface area (Å²) in [5.74, 6) is -4.66. The van der Waals surface area contributed by atoms with Crippen molar-refractivity contribution >= 4 is 66.2 Å². The number of carboxylic acid groups (broad SMARTS) is 1. The molecule has 0 fully saturated rings. The van der Waals surface area contributed by atoms with Crippen LogP contribution in [0.1, 0.15) is 59.4 Å². The third-order valence-electron chi connectivity index (χ3n) is 7.23. The van der Waals surface area contributed by atoms with E-state index in [0.717, 1.165) is 22.7 Å². The molecule has 0 bridgehead atoms. The van der Waals surface area contributed by atoms with E-state index in [0.29, 0.717) is 14.3 Å². The summed E-state index contributed by atoms with van der Waals surface area (Å²) in [5.41, 5.74) is 0. The Balaban J connectivity index is 1.44. The Bertz CT molecular complexity index is 1650. The Morgan fingerprint density at radius 3 is 1.56 bits per heavy atom. The standard InChI is InChI=1S/C32H32F2O9S2/c1-15(17(3)35)9-20(36)26-11-18-24(44-26)13-22(40-4)30(28(18)33)42-7-6-8-43-31-23(41-5)14-25-19(29(31)34)12-27(45-25)21(37)10-16(2)32(38)39/h11-16H,6-10H2,1-5H3,(H,38,39)/t15-,16-/m0/s1. The number of aliphatic carboxylic acids is 1.